The number of amides is 1. The van der Waals surface area contributed by atoms with Crippen molar-refractivity contribution in [3.05, 3.63) is 58.1 Å². The number of methoxy groups -OCH3 is 1. The molecule has 33 heavy (non-hydrogen) atoms. The van der Waals surface area contributed by atoms with E-state index in [-0.39, 0.29) is 23.7 Å². The highest BCUT2D eigenvalue weighted by molar-refractivity contribution is 7.09. The van der Waals surface area contributed by atoms with Gasteiger partial charge in [-0.3, -0.25) is 9.69 Å². The van der Waals surface area contributed by atoms with E-state index in [0.29, 0.717) is 25.4 Å². The number of thiophene rings is 1. The summed E-state index contributed by atoms with van der Waals surface area (Å²) in [5.41, 5.74) is 2.79. The number of nitrogens with one attached hydrogen (secondary N) is 1. The van der Waals surface area contributed by atoms with Crippen LogP contribution < -0.4 is 5.32 Å². The predicted octanol–water partition coefficient (Wildman–Crippen LogP) is 3.36. The molecule has 1 N–H and O–H groups in total. The average molecular weight is 470 g/mol. The second-order valence-corrected chi connectivity index (χ2v) is 9.92. The Labute approximate surface area is 198 Å². The number of aromatic nitrogens is 3. The molecule has 1 aliphatic heterocycles. The molecule has 1 amide bonds. The molecule has 3 heterocycles. The van der Waals surface area contributed by atoms with Crippen molar-refractivity contribution >= 4 is 23.2 Å². The lowest BCUT2D eigenvalue weighted by Gasteiger charge is -2.28. The van der Waals surface area contributed by atoms with Crippen LogP contribution in [0, 0.1) is 5.92 Å². The highest BCUT2D eigenvalue weighted by Gasteiger charge is 2.38. The van der Waals surface area contributed by atoms with Gasteiger partial charge >= 0.3 is 5.97 Å². The summed E-state index contributed by atoms with van der Waals surface area (Å²) >= 11 is 1.63. The number of esters is 1. The van der Waals surface area contributed by atoms with Crippen molar-refractivity contribution in [2.45, 2.75) is 51.2 Å². The molecule has 176 valence electrons. The molecule has 8 nitrogen and oxygen atoms in total. The Kier molecular flexibility index (Phi) is 7.39. The molecule has 0 spiro atoms. The summed E-state index contributed by atoms with van der Waals surface area (Å²) in [5.74, 6) is 0.0630. The van der Waals surface area contributed by atoms with Crippen molar-refractivity contribution in [1.29, 1.82) is 0 Å². The van der Waals surface area contributed by atoms with E-state index in [4.69, 9.17) is 4.74 Å². The number of allylic oxidation sites excluding steroid dienone is 2. The molecule has 0 saturated carbocycles. The molecule has 2 aromatic rings. The summed E-state index contributed by atoms with van der Waals surface area (Å²) in [6.07, 6.45) is 7.70. The fourth-order valence-corrected chi connectivity index (χ4v) is 5.26. The molecule has 1 aliphatic carbocycles. The standard InChI is InChI=1S/C24H31N5O3S/c1-16(2)18-8-6-17(7-9-18)13-28-14-19(29-15-21(26-27-29)24(31)32-3)11-22(28)23(30)25-12-20-5-4-10-33-20/h4-6,10,15,18-19,22H,1,7-9,11-14H2,2-3H3,(H,25,30)/t18-,19-,22+/m1/s1. The molecule has 9 heteroatoms. The van der Waals surface area contributed by atoms with Gasteiger partial charge in [-0.1, -0.05) is 35.1 Å². The van der Waals surface area contributed by atoms with Crippen LogP contribution >= 0.6 is 11.3 Å². The van der Waals surface area contributed by atoms with Crippen molar-refractivity contribution in [2.24, 2.45) is 5.92 Å². The zero-order valence-corrected chi connectivity index (χ0v) is 20.0. The summed E-state index contributed by atoms with van der Waals surface area (Å²) in [6.45, 7) is 8.17. The summed E-state index contributed by atoms with van der Waals surface area (Å²) < 4.78 is 6.44. The Morgan fingerprint density at radius 2 is 2.24 bits per heavy atom. The molecule has 0 unspecified atom stereocenters. The van der Waals surface area contributed by atoms with E-state index in [2.05, 4.69) is 40.1 Å². The molecular formula is C24H31N5O3S. The van der Waals surface area contributed by atoms with E-state index < -0.39 is 5.97 Å². The summed E-state index contributed by atoms with van der Waals surface area (Å²) in [6, 6.07) is 3.71. The van der Waals surface area contributed by atoms with Crippen LogP contribution in [0.3, 0.4) is 0 Å². The van der Waals surface area contributed by atoms with Gasteiger partial charge in [0.15, 0.2) is 5.69 Å². The van der Waals surface area contributed by atoms with Crippen LogP contribution in [0.2, 0.25) is 0 Å². The molecule has 0 radical (unpaired) electrons. The SMILES string of the molecule is C=C(C)[C@@H]1CC=C(CN2C[C@H](n3cc(C(=O)OC)nn3)C[C@H]2C(=O)NCc2cccs2)CC1. The van der Waals surface area contributed by atoms with Gasteiger partial charge in [-0.05, 0) is 50.0 Å². The third-order valence-corrected chi connectivity index (χ3v) is 7.46. The average Bonchev–Trinajstić information content (AvgIpc) is 3.58. The zero-order chi connectivity index (χ0) is 23.4. The molecule has 4 rings (SSSR count). The van der Waals surface area contributed by atoms with Gasteiger partial charge in [0.2, 0.25) is 5.91 Å². The minimum atomic E-state index is -0.513. The molecule has 2 aromatic heterocycles. The maximum atomic E-state index is 13.2. The molecule has 3 atom stereocenters. The third-order valence-electron chi connectivity index (χ3n) is 6.59. The van der Waals surface area contributed by atoms with Crippen molar-refractivity contribution in [1.82, 2.24) is 25.2 Å². The van der Waals surface area contributed by atoms with Crippen LogP contribution in [-0.2, 0) is 16.1 Å². The molecule has 1 saturated heterocycles. The first kappa shape index (κ1) is 23.4. The topological polar surface area (TPSA) is 89.3 Å². The molecular weight excluding hydrogens is 438 g/mol. The van der Waals surface area contributed by atoms with E-state index in [1.165, 1.54) is 18.3 Å². The van der Waals surface area contributed by atoms with Gasteiger partial charge in [-0.25, -0.2) is 9.48 Å². The number of likely N-dealkylation sites (tertiary alicyclic amines) is 1. The first-order valence-electron chi connectivity index (χ1n) is 11.3. The van der Waals surface area contributed by atoms with Gasteiger partial charge < -0.3 is 10.1 Å². The number of nitrogens with zero attached hydrogens (tertiary/aromatic N) is 4. The van der Waals surface area contributed by atoms with E-state index >= 15 is 0 Å². The van der Waals surface area contributed by atoms with Crippen LogP contribution in [0.25, 0.3) is 0 Å². The normalized spacial score (nSPS) is 23.2. The van der Waals surface area contributed by atoms with E-state index in [1.54, 1.807) is 22.2 Å². The van der Waals surface area contributed by atoms with Crippen LogP contribution in [0.15, 0.2) is 47.5 Å². The Morgan fingerprint density at radius 3 is 2.91 bits per heavy atom. The fraction of sp³-hybridized carbons (Fsp3) is 0.500. The Balaban J connectivity index is 1.47. The van der Waals surface area contributed by atoms with Gasteiger partial charge in [0.1, 0.15) is 0 Å². The number of rotatable bonds is 8. The number of carbonyl (C=O) groups excluding carboxylic acids is 2. The highest BCUT2D eigenvalue weighted by Crippen LogP contribution is 2.32. The van der Waals surface area contributed by atoms with Crippen LogP contribution in [0.5, 0.6) is 0 Å². The summed E-state index contributed by atoms with van der Waals surface area (Å²) in [4.78, 5) is 28.3. The van der Waals surface area contributed by atoms with Crippen LogP contribution in [0.1, 0.15) is 54.0 Å². The smallest absolute Gasteiger partial charge is 0.360 e. The van der Waals surface area contributed by atoms with Crippen LogP contribution in [0.4, 0.5) is 0 Å². The maximum absolute atomic E-state index is 13.2. The summed E-state index contributed by atoms with van der Waals surface area (Å²) in [5, 5.41) is 13.2. The largest absolute Gasteiger partial charge is 0.464 e. The van der Waals surface area contributed by atoms with Gasteiger partial charge in [-0.15, -0.1) is 16.4 Å². The fourth-order valence-electron chi connectivity index (χ4n) is 4.62. The Morgan fingerprint density at radius 1 is 1.39 bits per heavy atom. The lowest BCUT2D eigenvalue weighted by atomic mass is 9.85. The highest BCUT2D eigenvalue weighted by atomic mass is 32.1. The molecule has 0 aromatic carbocycles. The van der Waals surface area contributed by atoms with Gasteiger partial charge in [-0.2, -0.15) is 0 Å². The van der Waals surface area contributed by atoms with Gasteiger partial charge in [0.05, 0.1) is 31.9 Å². The van der Waals surface area contributed by atoms with Crippen LogP contribution in [-0.4, -0.2) is 58.0 Å². The number of hydrogen-bond acceptors (Lipinski definition) is 7. The quantitative estimate of drug-likeness (QED) is 0.471. The monoisotopic (exact) mass is 469 g/mol. The number of carbonyl (C=O) groups is 2. The lowest BCUT2D eigenvalue weighted by molar-refractivity contribution is -0.125. The molecule has 2 aliphatic rings. The lowest BCUT2D eigenvalue weighted by Crippen LogP contribution is -2.43. The zero-order valence-electron chi connectivity index (χ0n) is 19.2. The third kappa shape index (κ3) is 5.59. The Bertz CT molecular complexity index is 1030. The second-order valence-electron chi connectivity index (χ2n) is 8.89. The van der Waals surface area contributed by atoms with E-state index in [9.17, 15) is 9.59 Å². The second kappa shape index (κ2) is 10.4. The van der Waals surface area contributed by atoms with E-state index in [0.717, 1.165) is 30.7 Å². The van der Waals surface area contributed by atoms with Gasteiger partial charge in [0, 0.05) is 18.0 Å². The molecule has 0 bridgehead atoms. The minimum absolute atomic E-state index is 0.0235. The van der Waals surface area contributed by atoms with E-state index in [1.807, 2.05) is 17.5 Å². The summed E-state index contributed by atoms with van der Waals surface area (Å²) in [7, 11) is 1.32. The number of hydrogen-bond donors (Lipinski definition) is 1. The molecule has 1 fully saturated rings. The Hall–Kier alpha value is -2.78. The van der Waals surface area contributed by atoms with Gasteiger partial charge in [0.25, 0.3) is 0 Å². The van der Waals surface area contributed by atoms with Crippen molar-refractivity contribution in [3.63, 3.8) is 0 Å². The van der Waals surface area contributed by atoms with Crippen molar-refractivity contribution < 1.29 is 14.3 Å². The minimum Gasteiger partial charge on any atom is -0.464 e. The van der Waals surface area contributed by atoms with Crippen molar-refractivity contribution in [3.8, 4) is 0 Å². The predicted molar refractivity (Wildman–Crippen MR) is 127 cm³/mol. The maximum Gasteiger partial charge on any atom is 0.360 e. The number of ether oxygens (including phenoxy) is 1. The van der Waals surface area contributed by atoms with Crippen molar-refractivity contribution in [2.75, 3.05) is 20.2 Å². The first-order valence-corrected chi connectivity index (χ1v) is 12.2. The first-order chi connectivity index (χ1) is 15.9.